The maximum atomic E-state index is 13.2. The normalized spacial score (nSPS) is 11.6. The van der Waals surface area contributed by atoms with E-state index in [4.69, 9.17) is 5.11 Å². The van der Waals surface area contributed by atoms with E-state index in [0.29, 0.717) is 17.8 Å². The third-order valence-corrected chi connectivity index (χ3v) is 6.32. The maximum Gasteiger partial charge on any atom is 0.303 e. The van der Waals surface area contributed by atoms with Crippen LogP contribution in [0.15, 0.2) is 64.3 Å². The number of hydrogen-bond acceptors (Lipinski definition) is 4. The van der Waals surface area contributed by atoms with Gasteiger partial charge in [-0.2, -0.15) is 0 Å². The molecular weight excluding hydrogens is 418 g/mol. The van der Waals surface area contributed by atoms with Crippen LogP contribution in [0.5, 0.6) is 0 Å². The molecule has 0 amide bonds. The van der Waals surface area contributed by atoms with Crippen molar-refractivity contribution in [3.63, 3.8) is 0 Å². The van der Waals surface area contributed by atoms with Crippen molar-refractivity contribution in [2.24, 2.45) is 7.05 Å². The van der Waals surface area contributed by atoms with Crippen LogP contribution in [-0.2, 0) is 28.3 Å². The van der Waals surface area contributed by atoms with Crippen molar-refractivity contribution in [1.82, 2.24) is 9.36 Å². The number of benzene rings is 2. The Hall–Kier alpha value is -3.33. The molecule has 3 rings (SSSR count). The Balaban J connectivity index is 2.00. The van der Waals surface area contributed by atoms with Crippen LogP contribution in [0.4, 0.5) is 5.69 Å². The molecule has 0 spiro atoms. The average molecular weight is 444 g/mol. The predicted octanol–water partition coefficient (Wildman–Crippen LogP) is 3.12. The summed E-state index contributed by atoms with van der Waals surface area (Å²) in [5, 5.41) is 8.79. The molecule has 0 atom stereocenters. The zero-order chi connectivity index (χ0) is 22.8. The van der Waals surface area contributed by atoms with Gasteiger partial charge in [-0.25, -0.2) is 13.1 Å². The molecule has 0 fully saturated rings. The highest BCUT2D eigenvalue weighted by Gasteiger charge is 2.25. The molecule has 2 aromatic carbocycles. The summed E-state index contributed by atoms with van der Waals surface area (Å²) in [4.78, 5) is 23.9. The third-order valence-electron chi connectivity index (χ3n) is 4.96. The van der Waals surface area contributed by atoms with Crippen molar-refractivity contribution in [3.8, 4) is 5.69 Å². The Bertz CT molecular complexity index is 1240. The molecule has 0 saturated carbocycles. The first-order chi connectivity index (χ1) is 14.6. The molecule has 9 heteroatoms. The largest absolute Gasteiger partial charge is 0.481 e. The highest BCUT2D eigenvalue weighted by molar-refractivity contribution is 7.92. The van der Waals surface area contributed by atoms with Crippen LogP contribution >= 0.6 is 0 Å². The lowest BCUT2D eigenvalue weighted by molar-refractivity contribution is -0.136. The Labute approximate surface area is 180 Å². The number of aromatic nitrogens is 2. The van der Waals surface area contributed by atoms with Crippen LogP contribution in [0.2, 0.25) is 0 Å². The van der Waals surface area contributed by atoms with Gasteiger partial charge in [0.1, 0.15) is 5.69 Å². The van der Waals surface area contributed by atoms with E-state index in [0.717, 1.165) is 5.56 Å². The third kappa shape index (κ3) is 4.72. The zero-order valence-corrected chi connectivity index (χ0v) is 18.4. The fourth-order valence-corrected chi connectivity index (χ4v) is 4.59. The standard InChI is InChI=1S/C22H25N3O5S/c1-15(2)21-20(22(28)25(24(21)3)17-7-5-4-6-8-17)23-31(29,30)18-12-9-16(10-13-18)11-14-19(26)27/h4-10,12-13,15,23H,11,14H2,1-3H3,(H,26,27). The smallest absolute Gasteiger partial charge is 0.303 e. The quantitative estimate of drug-likeness (QED) is 0.556. The van der Waals surface area contributed by atoms with Crippen LogP contribution in [-0.4, -0.2) is 28.9 Å². The molecule has 1 aromatic heterocycles. The fourth-order valence-electron chi connectivity index (χ4n) is 3.52. The molecule has 0 unspecified atom stereocenters. The number of hydrogen-bond donors (Lipinski definition) is 2. The fraction of sp³-hybridized carbons (Fsp3) is 0.273. The summed E-state index contributed by atoms with van der Waals surface area (Å²) in [7, 11) is -2.30. The Morgan fingerprint density at radius 3 is 2.23 bits per heavy atom. The molecule has 0 saturated heterocycles. The highest BCUT2D eigenvalue weighted by atomic mass is 32.2. The van der Waals surface area contributed by atoms with Gasteiger partial charge in [-0.05, 0) is 42.2 Å². The number of rotatable bonds is 8. The van der Waals surface area contributed by atoms with Gasteiger partial charge in [0.15, 0.2) is 0 Å². The second-order valence-electron chi connectivity index (χ2n) is 7.53. The van der Waals surface area contributed by atoms with Crippen molar-refractivity contribution >= 4 is 21.7 Å². The van der Waals surface area contributed by atoms with Gasteiger partial charge in [0.25, 0.3) is 15.6 Å². The van der Waals surface area contributed by atoms with Crippen LogP contribution < -0.4 is 10.3 Å². The van der Waals surface area contributed by atoms with E-state index in [2.05, 4.69) is 4.72 Å². The van der Waals surface area contributed by atoms with Crippen LogP contribution in [0.25, 0.3) is 5.69 Å². The Morgan fingerprint density at radius 2 is 1.68 bits per heavy atom. The number of sulfonamides is 1. The lowest BCUT2D eigenvalue weighted by Crippen LogP contribution is -2.23. The zero-order valence-electron chi connectivity index (χ0n) is 17.6. The summed E-state index contributed by atoms with van der Waals surface area (Å²) in [6, 6.07) is 15.0. The van der Waals surface area contributed by atoms with Crippen LogP contribution in [0, 0.1) is 0 Å². The molecule has 0 aliphatic carbocycles. The van der Waals surface area contributed by atoms with Crippen molar-refractivity contribution in [2.45, 2.75) is 37.5 Å². The van der Waals surface area contributed by atoms with Gasteiger partial charge in [-0.1, -0.05) is 44.2 Å². The van der Waals surface area contributed by atoms with E-state index in [-0.39, 0.29) is 22.9 Å². The molecule has 164 valence electrons. The summed E-state index contributed by atoms with van der Waals surface area (Å²) in [6.45, 7) is 3.78. The topological polar surface area (TPSA) is 110 Å². The lowest BCUT2D eigenvalue weighted by atomic mass is 10.1. The molecule has 2 N–H and O–H groups in total. The van der Waals surface area contributed by atoms with Crippen molar-refractivity contribution in [1.29, 1.82) is 0 Å². The van der Waals surface area contributed by atoms with Gasteiger partial charge in [-0.15, -0.1) is 0 Å². The van der Waals surface area contributed by atoms with Gasteiger partial charge >= 0.3 is 5.97 Å². The average Bonchev–Trinajstić information content (AvgIpc) is 2.96. The van der Waals surface area contributed by atoms with Gasteiger partial charge in [0.05, 0.1) is 16.3 Å². The van der Waals surface area contributed by atoms with Gasteiger partial charge < -0.3 is 5.11 Å². The molecule has 1 heterocycles. The van der Waals surface area contributed by atoms with Crippen molar-refractivity contribution < 1.29 is 18.3 Å². The molecule has 0 bridgehead atoms. The lowest BCUT2D eigenvalue weighted by Gasteiger charge is -2.13. The minimum absolute atomic E-state index is 0.00389. The minimum Gasteiger partial charge on any atom is -0.481 e. The van der Waals surface area contributed by atoms with E-state index in [9.17, 15) is 18.0 Å². The number of nitrogens with one attached hydrogen (secondary N) is 1. The van der Waals surface area contributed by atoms with Gasteiger partial charge in [-0.3, -0.25) is 19.0 Å². The first-order valence-electron chi connectivity index (χ1n) is 9.82. The van der Waals surface area contributed by atoms with Crippen molar-refractivity contribution in [2.75, 3.05) is 4.72 Å². The Kier molecular flexibility index (Phi) is 6.35. The number of aliphatic carboxylic acids is 1. The number of carboxylic acid groups (broad SMARTS) is 1. The summed E-state index contributed by atoms with van der Waals surface area (Å²) in [6.07, 6.45) is 0.270. The summed E-state index contributed by atoms with van der Waals surface area (Å²) in [5.41, 5.74) is 1.46. The second kappa shape index (κ2) is 8.81. The number of nitrogens with zero attached hydrogens (tertiary/aromatic N) is 2. The van der Waals surface area contributed by atoms with E-state index in [1.54, 1.807) is 48.1 Å². The molecule has 0 aliphatic heterocycles. The molecular formula is C22H25N3O5S. The molecule has 31 heavy (non-hydrogen) atoms. The molecule has 8 nitrogen and oxygen atoms in total. The van der Waals surface area contributed by atoms with Crippen molar-refractivity contribution in [3.05, 3.63) is 76.2 Å². The number of carboxylic acids is 1. The van der Waals surface area contributed by atoms with Crippen LogP contribution in [0.3, 0.4) is 0 Å². The number of para-hydroxylation sites is 1. The predicted molar refractivity (Wildman–Crippen MR) is 118 cm³/mol. The minimum atomic E-state index is -4.02. The summed E-state index contributed by atoms with van der Waals surface area (Å²) < 4.78 is 31.6. The van der Waals surface area contributed by atoms with E-state index < -0.39 is 21.6 Å². The van der Waals surface area contributed by atoms with E-state index >= 15 is 0 Å². The highest BCUT2D eigenvalue weighted by Crippen LogP contribution is 2.25. The number of anilines is 1. The SMILES string of the molecule is CC(C)c1c(NS(=O)(=O)c2ccc(CCC(=O)O)cc2)c(=O)n(-c2ccccc2)n1C. The number of carbonyl (C=O) groups is 1. The molecule has 3 aromatic rings. The second-order valence-corrected chi connectivity index (χ2v) is 9.22. The van der Waals surface area contributed by atoms with Gasteiger partial charge in [0.2, 0.25) is 0 Å². The molecule has 0 radical (unpaired) electrons. The van der Waals surface area contributed by atoms with Gasteiger partial charge in [0, 0.05) is 13.5 Å². The summed E-state index contributed by atoms with van der Waals surface area (Å²) in [5.74, 6) is -1.03. The monoisotopic (exact) mass is 443 g/mol. The first-order valence-corrected chi connectivity index (χ1v) is 11.3. The van der Waals surface area contributed by atoms with E-state index in [1.165, 1.54) is 16.8 Å². The number of aryl methyl sites for hydroxylation is 1. The maximum absolute atomic E-state index is 13.2. The van der Waals surface area contributed by atoms with E-state index in [1.807, 2.05) is 19.9 Å². The first kappa shape index (κ1) is 22.4. The Morgan fingerprint density at radius 1 is 1.06 bits per heavy atom. The molecule has 0 aliphatic rings. The summed E-state index contributed by atoms with van der Waals surface area (Å²) >= 11 is 0. The van der Waals surface area contributed by atoms with Crippen LogP contribution in [0.1, 0.15) is 37.4 Å².